The lowest BCUT2D eigenvalue weighted by Gasteiger charge is -2.29. The minimum Gasteiger partial charge on any atom is -0.341 e. The quantitative estimate of drug-likeness (QED) is 0.768. The number of hydrogen-bond acceptors (Lipinski definition) is 4. The van der Waals surface area contributed by atoms with Crippen LogP contribution in [0, 0.1) is 11.8 Å². The molecule has 3 aliphatic heterocycles. The number of benzene rings is 1. The van der Waals surface area contributed by atoms with Gasteiger partial charge in [0.2, 0.25) is 15.9 Å². The maximum Gasteiger partial charge on any atom is 0.236 e. The van der Waals surface area contributed by atoms with Gasteiger partial charge in [0.15, 0.2) is 0 Å². The van der Waals surface area contributed by atoms with Gasteiger partial charge in [-0.2, -0.15) is 4.31 Å². The Bertz CT molecular complexity index is 790. The molecule has 3 fully saturated rings. The van der Waals surface area contributed by atoms with Gasteiger partial charge in [-0.15, -0.1) is 0 Å². The molecule has 3 aliphatic rings. The van der Waals surface area contributed by atoms with Gasteiger partial charge in [0.05, 0.1) is 18.8 Å². The monoisotopic (exact) mass is 405 g/mol. The van der Waals surface area contributed by atoms with E-state index in [1.165, 1.54) is 31.9 Å². The van der Waals surface area contributed by atoms with E-state index in [9.17, 15) is 13.2 Å². The van der Waals surface area contributed by atoms with Gasteiger partial charge in [-0.25, -0.2) is 8.42 Å². The number of rotatable bonds is 4. The lowest BCUT2D eigenvalue weighted by Crippen LogP contribution is -2.42. The fraction of sp³-hybridized carbons (Fsp3) is 0.667. The fourth-order valence-corrected chi connectivity index (χ4v) is 6.35. The highest BCUT2D eigenvalue weighted by Gasteiger charge is 2.51. The molecular formula is C21H31N3O3S. The zero-order valence-electron chi connectivity index (χ0n) is 16.7. The zero-order valence-corrected chi connectivity index (χ0v) is 17.5. The molecule has 0 radical (unpaired) electrons. The second-order valence-corrected chi connectivity index (χ2v) is 10.5. The molecule has 1 aromatic carbocycles. The van der Waals surface area contributed by atoms with E-state index >= 15 is 0 Å². The maximum absolute atomic E-state index is 12.9. The summed E-state index contributed by atoms with van der Waals surface area (Å²) in [6.45, 7) is 4.37. The van der Waals surface area contributed by atoms with Crippen molar-refractivity contribution >= 4 is 15.9 Å². The number of carbonyl (C=O) groups is 1. The van der Waals surface area contributed by atoms with Crippen molar-refractivity contribution < 1.29 is 13.2 Å². The maximum atomic E-state index is 12.9. The molecule has 0 saturated carbocycles. The minimum absolute atomic E-state index is 0.169. The highest BCUT2D eigenvalue weighted by molar-refractivity contribution is 7.88. The lowest BCUT2D eigenvalue weighted by atomic mass is 9.90. The van der Waals surface area contributed by atoms with Crippen molar-refractivity contribution in [2.75, 3.05) is 45.5 Å². The Balaban J connectivity index is 1.48. The van der Waals surface area contributed by atoms with Crippen LogP contribution in [0.25, 0.3) is 0 Å². The molecule has 0 N–H and O–H groups in total. The topological polar surface area (TPSA) is 60.9 Å². The van der Waals surface area contributed by atoms with Crippen LogP contribution in [0.1, 0.15) is 37.3 Å². The van der Waals surface area contributed by atoms with Gasteiger partial charge >= 0.3 is 0 Å². The second-order valence-electron chi connectivity index (χ2n) is 8.60. The van der Waals surface area contributed by atoms with E-state index in [0.29, 0.717) is 26.2 Å². The second kappa shape index (κ2) is 8.13. The standard InChI is InChI=1S/C21H31N3O3S/c1-28(26,27)24-14-18-13-23(20(25)16-22-11-7-2-3-8-12-22)15-19(18)21(24)17-9-5-4-6-10-17/h4-6,9-10,18-19,21H,2-3,7-8,11-16H2,1H3/t18-,19-,21+/m1/s1. The SMILES string of the molecule is CS(=O)(=O)N1C[C@H]2CN(C(=O)CN3CCCCCC3)C[C@H]2[C@@H]1c1ccccc1. The number of carbonyl (C=O) groups excluding carboxylic acids is 1. The average molecular weight is 406 g/mol. The van der Waals surface area contributed by atoms with E-state index in [2.05, 4.69) is 4.90 Å². The summed E-state index contributed by atoms with van der Waals surface area (Å²) in [4.78, 5) is 17.2. The van der Waals surface area contributed by atoms with Crippen molar-refractivity contribution in [1.82, 2.24) is 14.1 Å². The predicted octanol–water partition coefficient (Wildman–Crippen LogP) is 1.95. The van der Waals surface area contributed by atoms with Crippen LogP contribution >= 0.6 is 0 Å². The van der Waals surface area contributed by atoms with Gasteiger partial charge in [0.1, 0.15) is 0 Å². The molecule has 1 aromatic rings. The van der Waals surface area contributed by atoms with Crippen molar-refractivity contribution in [3.05, 3.63) is 35.9 Å². The van der Waals surface area contributed by atoms with Crippen molar-refractivity contribution in [2.45, 2.75) is 31.7 Å². The Morgan fingerprint density at radius 3 is 2.32 bits per heavy atom. The summed E-state index contributed by atoms with van der Waals surface area (Å²) in [5, 5.41) is 0. The van der Waals surface area contributed by atoms with Crippen molar-refractivity contribution in [3.63, 3.8) is 0 Å². The summed E-state index contributed by atoms with van der Waals surface area (Å²) in [5.41, 5.74) is 1.03. The van der Waals surface area contributed by atoms with Crippen molar-refractivity contribution in [1.29, 1.82) is 0 Å². The summed E-state index contributed by atoms with van der Waals surface area (Å²) < 4.78 is 26.4. The van der Waals surface area contributed by atoms with E-state index in [1.807, 2.05) is 35.2 Å². The number of hydrogen-bond donors (Lipinski definition) is 0. The van der Waals surface area contributed by atoms with E-state index in [-0.39, 0.29) is 23.8 Å². The van der Waals surface area contributed by atoms with Crippen LogP contribution in [-0.4, -0.2) is 74.0 Å². The summed E-state index contributed by atoms with van der Waals surface area (Å²) >= 11 is 0. The molecule has 0 aliphatic carbocycles. The molecule has 3 saturated heterocycles. The molecule has 7 heteroatoms. The third kappa shape index (κ3) is 4.11. The molecule has 3 heterocycles. The van der Waals surface area contributed by atoms with E-state index < -0.39 is 10.0 Å². The average Bonchev–Trinajstić information content (AvgIpc) is 3.12. The highest BCUT2D eigenvalue weighted by atomic mass is 32.2. The first-order chi connectivity index (χ1) is 13.4. The number of sulfonamides is 1. The van der Waals surface area contributed by atoms with Crippen molar-refractivity contribution in [2.24, 2.45) is 11.8 Å². The fourth-order valence-electron chi connectivity index (χ4n) is 5.20. The van der Waals surface area contributed by atoms with Crippen LogP contribution in [0.2, 0.25) is 0 Å². The Morgan fingerprint density at radius 1 is 1.00 bits per heavy atom. The van der Waals surface area contributed by atoms with Crippen LogP contribution < -0.4 is 0 Å². The van der Waals surface area contributed by atoms with Crippen molar-refractivity contribution in [3.8, 4) is 0 Å². The molecule has 0 aromatic heterocycles. The molecule has 3 atom stereocenters. The van der Waals surface area contributed by atoms with Crippen LogP contribution in [-0.2, 0) is 14.8 Å². The molecule has 4 rings (SSSR count). The number of likely N-dealkylation sites (tertiary alicyclic amines) is 2. The van der Waals surface area contributed by atoms with E-state index in [1.54, 1.807) is 4.31 Å². The molecular weight excluding hydrogens is 374 g/mol. The summed E-state index contributed by atoms with van der Waals surface area (Å²) in [6.07, 6.45) is 6.18. The van der Waals surface area contributed by atoms with Crippen LogP contribution in [0.15, 0.2) is 30.3 Å². The van der Waals surface area contributed by atoms with E-state index in [4.69, 9.17) is 0 Å². The third-order valence-electron chi connectivity index (χ3n) is 6.60. The van der Waals surface area contributed by atoms with Gasteiger partial charge in [0, 0.05) is 25.6 Å². The molecule has 0 bridgehead atoms. The van der Waals surface area contributed by atoms with E-state index in [0.717, 1.165) is 18.7 Å². The molecule has 6 nitrogen and oxygen atoms in total. The normalized spacial score (nSPS) is 29.6. The number of amides is 1. The highest BCUT2D eigenvalue weighted by Crippen LogP contribution is 2.46. The molecule has 0 unspecified atom stereocenters. The molecule has 154 valence electrons. The number of fused-ring (bicyclic) bond motifs is 1. The van der Waals surface area contributed by atoms with Gasteiger partial charge in [-0.05, 0) is 37.4 Å². The predicted molar refractivity (Wildman–Crippen MR) is 109 cm³/mol. The Labute approximate surface area is 168 Å². The first kappa shape index (κ1) is 19.9. The van der Waals surface area contributed by atoms with Gasteiger partial charge in [-0.1, -0.05) is 43.2 Å². The molecule has 28 heavy (non-hydrogen) atoms. The van der Waals surface area contributed by atoms with Gasteiger partial charge in [-0.3, -0.25) is 9.69 Å². The lowest BCUT2D eigenvalue weighted by molar-refractivity contribution is -0.131. The zero-order chi connectivity index (χ0) is 19.7. The summed E-state index contributed by atoms with van der Waals surface area (Å²) in [7, 11) is -3.28. The Morgan fingerprint density at radius 2 is 1.68 bits per heavy atom. The van der Waals surface area contributed by atoms with Crippen LogP contribution in [0.3, 0.4) is 0 Å². The molecule has 0 spiro atoms. The minimum atomic E-state index is -3.28. The summed E-state index contributed by atoms with van der Waals surface area (Å²) in [5.74, 6) is 0.590. The third-order valence-corrected chi connectivity index (χ3v) is 7.83. The Kier molecular flexibility index (Phi) is 5.76. The van der Waals surface area contributed by atoms with Crippen LogP contribution in [0.4, 0.5) is 0 Å². The summed E-state index contributed by atoms with van der Waals surface area (Å²) in [6, 6.07) is 9.71. The molecule has 1 amide bonds. The number of nitrogens with zero attached hydrogens (tertiary/aromatic N) is 3. The largest absolute Gasteiger partial charge is 0.341 e. The Hall–Kier alpha value is -1.44. The first-order valence-electron chi connectivity index (χ1n) is 10.5. The van der Waals surface area contributed by atoms with Gasteiger partial charge < -0.3 is 4.90 Å². The van der Waals surface area contributed by atoms with Crippen LogP contribution in [0.5, 0.6) is 0 Å². The van der Waals surface area contributed by atoms with Gasteiger partial charge in [0.25, 0.3) is 0 Å². The first-order valence-corrected chi connectivity index (χ1v) is 12.3. The smallest absolute Gasteiger partial charge is 0.236 e.